The molecule has 1 aromatic carbocycles. The number of hydrogen-bond donors (Lipinski definition) is 2. The smallest absolute Gasteiger partial charge is 0.191 e. The van der Waals surface area contributed by atoms with Crippen LogP contribution in [-0.2, 0) is 19.4 Å². The van der Waals surface area contributed by atoms with Crippen molar-refractivity contribution in [2.75, 3.05) is 6.54 Å². The van der Waals surface area contributed by atoms with E-state index < -0.39 is 0 Å². The third kappa shape index (κ3) is 5.02. The van der Waals surface area contributed by atoms with Crippen molar-refractivity contribution in [2.24, 2.45) is 4.99 Å². The van der Waals surface area contributed by atoms with Gasteiger partial charge in [0.1, 0.15) is 11.6 Å². The fourth-order valence-electron chi connectivity index (χ4n) is 3.83. The van der Waals surface area contributed by atoms with Gasteiger partial charge in [-0.05, 0) is 31.9 Å². The molecular formula is C20H27ClFIN6. The fraction of sp³-hybridized carbons (Fsp3) is 0.550. The van der Waals surface area contributed by atoms with Crippen LogP contribution in [0, 0.1) is 5.82 Å². The van der Waals surface area contributed by atoms with Gasteiger partial charge in [0.25, 0.3) is 0 Å². The number of aromatic nitrogens is 3. The minimum absolute atomic E-state index is 0. The van der Waals surface area contributed by atoms with Crippen molar-refractivity contribution in [1.82, 2.24) is 25.4 Å². The van der Waals surface area contributed by atoms with E-state index in [1.165, 1.54) is 6.07 Å². The van der Waals surface area contributed by atoms with Crippen LogP contribution in [-0.4, -0.2) is 39.4 Å². The Morgan fingerprint density at radius 3 is 2.90 bits per heavy atom. The Morgan fingerprint density at radius 2 is 2.17 bits per heavy atom. The summed E-state index contributed by atoms with van der Waals surface area (Å²) in [6.45, 7) is 5.53. The van der Waals surface area contributed by atoms with E-state index in [1.54, 1.807) is 12.1 Å². The molecule has 0 radical (unpaired) electrons. The van der Waals surface area contributed by atoms with Crippen LogP contribution in [0.25, 0.3) is 0 Å². The van der Waals surface area contributed by atoms with Crippen LogP contribution in [0.4, 0.5) is 4.39 Å². The molecule has 3 atom stereocenters. The maximum absolute atomic E-state index is 14.2. The molecule has 29 heavy (non-hydrogen) atoms. The second-order valence-electron chi connectivity index (χ2n) is 7.41. The Bertz CT molecular complexity index is 866. The van der Waals surface area contributed by atoms with Crippen LogP contribution in [0.15, 0.2) is 23.2 Å². The topological polar surface area (TPSA) is 67.1 Å². The molecule has 0 saturated heterocycles. The van der Waals surface area contributed by atoms with Gasteiger partial charge in [0, 0.05) is 48.0 Å². The first kappa shape index (κ1) is 22.3. The summed E-state index contributed by atoms with van der Waals surface area (Å²) in [5.74, 6) is 2.58. The summed E-state index contributed by atoms with van der Waals surface area (Å²) >= 11 is 6.22. The molecule has 0 spiro atoms. The normalized spacial score (nSPS) is 23.2. The monoisotopic (exact) mass is 532 g/mol. The second-order valence-corrected chi connectivity index (χ2v) is 7.82. The first-order valence-electron chi connectivity index (χ1n) is 10.0. The predicted molar refractivity (Wildman–Crippen MR) is 124 cm³/mol. The summed E-state index contributed by atoms with van der Waals surface area (Å²) in [6, 6.07) is 5.24. The SMILES string of the molecule is CCN=C(NC1CCc2nc(CC)nn2C1)NC1CC1c1c(F)cccc1Cl.I. The molecule has 1 fully saturated rings. The summed E-state index contributed by atoms with van der Waals surface area (Å²) < 4.78 is 16.2. The van der Waals surface area contributed by atoms with Crippen molar-refractivity contribution < 1.29 is 4.39 Å². The van der Waals surface area contributed by atoms with Crippen LogP contribution in [0.5, 0.6) is 0 Å². The third-order valence-electron chi connectivity index (χ3n) is 5.36. The summed E-state index contributed by atoms with van der Waals surface area (Å²) in [5, 5.41) is 12.0. The molecular weight excluding hydrogens is 506 g/mol. The molecule has 158 valence electrons. The highest BCUT2D eigenvalue weighted by molar-refractivity contribution is 14.0. The molecule has 0 bridgehead atoms. The van der Waals surface area contributed by atoms with Crippen molar-refractivity contribution in [3.8, 4) is 0 Å². The van der Waals surface area contributed by atoms with E-state index in [2.05, 4.69) is 32.6 Å². The Hall–Kier alpha value is -1.42. The molecule has 4 rings (SSSR count). The van der Waals surface area contributed by atoms with Gasteiger partial charge in [-0.15, -0.1) is 24.0 Å². The Labute approximate surface area is 192 Å². The average molecular weight is 533 g/mol. The quantitative estimate of drug-likeness (QED) is 0.350. The molecule has 1 aliphatic carbocycles. The maximum atomic E-state index is 14.2. The van der Waals surface area contributed by atoms with Crippen molar-refractivity contribution in [3.05, 3.63) is 46.3 Å². The third-order valence-corrected chi connectivity index (χ3v) is 5.69. The molecule has 2 aliphatic rings. The summed E-state index contributed by atoms with van der Waals surface area (Å²) in [4.78, 5) is 9.14. The number of guanidine groups is 1. The van der Waals surface area contributed by atoms with Crippen molar-refractivity contribution in [3.63, 3.8) is 0 Å². The van der Waals surface area contributed by atoms with E-state index in [0.717, 1.165) is 49.8 Å². The first-order valence-corrected chi connectivity index (χ1v) is 10.4. The van der Waals surface area contributed by atoms with Crippen LogP contribution in [0.3, 0.4) is 0 Å². The highest BCUT2D eigenvalue weighted by Gasteiger charge is 2.42. The highest BCUT2D eigenvalue weighted by atomic mass is 127. The van der Waals surface area contributed by atoms with Crippen molar-refractivity contribution in [2.45, 2.75) is 64.1 Å². The molecule has 9 heteroatoms. The molecule has 2 heterocycles. The number of benzene rings is 1. The lowest BCUT2D eigenvalue weighted by molar-refractivity contribution is 0.391. The van der Waals surface area contributed by atoms with Crippen LogP contribution < -0.4 is 10.6 Å². The van der Waals surface area contributed by atoms with Gasteiger partial charge in [-0.25, -0.2) is 14.1 Å². The molecule has 2 N–H and O–H groups in total. The summed E-state index contributed by atoms with van der Waals surface area (Å²) in [6.07, 6.45) is 3.59. The number of hydrogen-bond acceptors (Lipinski definition) is 3. The Kier molecular flexibility index (Phi) is 7.37. The largest absolute Gasteiger partial charge is 0.353 e. The first-order chi connectivity index (χ1) is 13.6. The molecule has 2 aromatic rings. The number of rotatable bonds is 5. The average Bonchev–Trinajstić information content (AvgIpc) is 3.27. The van der Waals surface area contributed by atoms with Gasteiger partial charge < -0.3 is 10.6 Å². The Balaban J connectivity index is 0.00000240. The molecule has 3 unspecified atom stereocenters. The fourth-order valence-corrected chi connectivity index (χ4v) is 4.13. The molecule has 1 aromatic heterocycles. The van der Waals surface area contributed by atoms with Gasteiger partial charge in [-0.1, -0.05) is 24.6 Å². The van der Waals surface area contributed by atoms with Crippen LogP contribution in [0.2, 0.25) is 5.02 Å². The van der Waals surface area contributed by atoms with E-state index in [-0.39, 0.29) is 47.8 Å². The number of aryl methyl sites for hydroxylation is 2. The number of nitrogens with zero attached hydrogens (tertiary/aromatic N) is 4. The van der Waals surface area contributed by atoms with E-state index in [9.17, 15) is 4.39 Å². The van der Waals surface area contributed by atoms with E-state index in [1.807, 2.05) is 11.6 Å². The lowest BCUT2D eigenvalue weighted by Gasteiger charge is -2.25. The van der Waals surface area contributed by atoms with Crippen molar-refractivity contribution >= 4 is 41.5 Å². The van der Waals surface area contributed by atoms with E-state index >= 15 is 0 Å². The van der Waals surface area contributed by atoms with Gasteiger partial charge in [0.15, 0.2) is 11.8 Å². The summed E-state index contributed by atoms with van der Waals surface area (Å²) in [7, 11) is 0. The standard InChI is InChI=1S/C20H26ClFN6.HI/c1-3-17-26-18-9-8-12(11-28(18)27-17)24-20(23-4-2)25-16-10-13(16)19-14(21)6-5-7-15(19)22;/h5-7,12-13,16H,3-4,8-11H2,1-2H3,(H2,23,24,25);1H. The zero-order valence-corrected chi connectivity index (χ0v) is 19.7. The minimum Gasteiger partial charge on any atom is -0.353 e. The number of nitrogens with one attached hydrogen (secondary N) is 2. The second kappa shape index (κ2) is 9.59. The van der Waals surface area contributed by atoms with Gasteiger partial charge in [-0.2, -0.15) is 5.10 Å². The molecule has 0 amide bonds. The van der Waals surface area contributed by atoms with Gasteiger partial charge in [0.05, 0.1) is 6.54 Å². The van der Waals surface area contributed by atoms with Gasteiger partial charge in [0.2, 0.25) is 0 Å². The Morgan fingerprint density at radius 1 is 1.34 bits per heavy atom. The minimum atomic E-state index is -0.235. The van der Waals surface area contributed by atoms with Crippen LogP contribution in [0.1, 0.15) is 49.8 Å². The van der Waals surface area contributed by atoms with Crippen molar-refractivity contribution in [1.29, 1.82) is 0 Å². The zero-order valence-electron chi connectivity index (χ0n) is 16.7. The van der Waals surface area contributed by atoms with E-state index in [4.69, 9.17) is 11.6 Å². The maximum Gasteiger partial charge on any atom is 0.191 e. The molecule has 1 saturated carbocycles. The number of fused-ring (bicyclic) bond motifs is 1. The summed E-state index contributed by atoms with van der Waals surface area (Å²) in [5.41, 5.74) is 0.606. The highest BCUT2D eigenvalue weighted by Crippen LogP contribution is 2.44. The number of aliphatic imine (C=N–C) groups is 1. The van der Waals surface area contributed by atoms with E-state index in [0.29, 0.717) is 17.1 Å². The molecule has 6 nitrogen and oxygen atoms in total. The molecule has 1 aliphatic heterocycles. The van der Waals surface area contributed by atoms with Gasteiger partial charge in [-0.3, -0.25) is 4.99 Å². The zero-order chi connectivity index (χ0) is 19.7. The lowest BCUT2D eigenvalue weighted by atomic mass is 10.1. The van der Waals surface area contributed by atoms with Gasteiger partial charge >= 0.3 is 0 Å². The predicted octanol–water partition coefficient (Wildman–Crippen LogP) is 3.68. The number of halogens is 3. The van der Waals surface area contributed by atoms with Crippen LogP contribution >= 0.6 is 35.6 Å². The lowest BCUT2D eigenvalue weighted by Crippen LogP contribution is -2.48.